The predicted molar refractivity (Wildman–Crippen MR) is 62.8 cm³/mol. The molecule has 0 saturated carbocycles. The molecule has 2 amide bonds. The number of nitrogens with one attached hydrogen (secondary N) is 1. The van der Waals surface area contributed by atoms with Gasteiger partial charge in [0.2, 0.25) is 11.8 Å². The average molecular weight is 237 g/mol. The first-order valence-corrected chi connectivity index (χ1v) is 5.95. The fraction of sp³-hybridized carbons (Fsp3) is 0.750. The summed E-state index contributed by atoms with van der Waals surface area (Å²) < 4.78 is 0. The molecule has 1 N–H and O–H groups in total. The first-order chi connectivity index (χ1) is 7.97. The van der Waals surface area contributed by atoms with Crippen molar-refractivity contribution in [1.82, 2.24) is 10.2 Å². The van der Waals surface area contributed by atoms with Crippen molar-refractivity contribution in [2.24, 2.45) is 5.41 Å². The predicted octanol–water partition coefficient (Wildman–Crippen LogP) is 0.665. The summed E-state index contributed by atoms with van der Waals surface area (Å²) in [5.41, 5.74) is -1.03. The van der Waals surface area contributed by atoms with Gasteiger partial charge in [-0.25, -0.2) is 0 Å². The number of nitriles is 1. The van der Waals surface area contributed by atoms with E-state index in [2.05, 4.69) is 5.32 Å². The molecule has 5 nitrogen and oxygen atoms in total. The van der Waals surface area contributed by atoms with Crippen molar-refractivity contribution in [2.45, 2.75) is 33.1 Å². The molecular formula is C12H19N3O2. The number of nitrogens with zero attached hydrogens (tertiary/aromatic N) is 2. The Bertz CT molecular complexity index is 338. The molecule has 0 spiro atoms. The second kappa shape index (κ2) is 5.67. The van der Waals surface area contributed by atoms with Crippen molar-refractivity contribution < 1.29 is 9.59 Å². The number of likely N-dealkylation sites (tertiary alicyclic amines) is 1. The molecule has 1 aliphatic rings. The first-order valence-electron chi connectivity index (χ1n) is 5.95. The molecule has 0 atom stereocenters. The van der Waals surface area contributed by atoms with E-state index in [0.717, 1.165) is 25.9 Å². The van der Waals surface area contributed by atoms with E-state index in [1.807, 2.05) is 11.0 Å². The number of carbonyl (C=O) groups excluding carboxylic acids is 2. The number of hydrogen-bond acceptors (Lipinski definition) is 3. The fourth-order valence-electron chi connectivity index (χ4n) is 1.68. The second-order valence-electron chi connectivity index (χ2n) is 4.83. The average Bonchev–Trinajstić information content (AvgIpc) is 2.82. The highest BCUT2D eigenvalue weighted by Crippen LogP contribution is 2.12. The first kappa shape index (κ1) is 13.5. The Balaban J connectivity index is 2.26. The standard InChI is InChI=1S/C12H19N3O2/c1-12(2,9-13)11(17)14-6-5-10(16)15-7-3-4-8-15/h3-8H2,1-2H3,(H,14,17). The van der Waals surface area contributed by atoms with Crippen LogP contribution in [0.15, 0.2) is 0 Å². The lowest BCUT2D eigenvalue weighted by Gasteiger charge is -2.17. The molecule has 1 saturated heterocycles. The third-order valence-corrected chi connectivity index (χ3v) is 2.93. The molecule has 5 heteroatoms. The maximum absolute atomic E-state index is 11.7. The Kier molecular flexibility index (Phi) is 4.50. The molecule has 0 aromatic carbocycles. The lowest BCUT2D eigenvalue weighted by atomic mass is 9.95. The summed E-state index contributed by atoms with van der Waals surface area (Å²) in [6, 6.07) is 1.93. The van der Waals surface area contributed by atoms with Gasteiger partial charge in [-0.1, -0.05) is 0 Å². The number of amides is 2. The Morgan fingerprint density at radius 3 is 2.47 bits per heavy atom. The molecule has 1 rings (SSSR count). The van der Waals surface area contributed by atoms with Crippen molar-refractivity contribution in [3.05, 3.63) is 0 Å². The number of rotatable bonds is 4. The highest BCUT2D eigenvalue weighted by Gasteiger charge is 2.27. The fourth-order valence-corrected chi connectivity index (χ4v) is 1.68. The van der Waals surface area contributed by atoms with E-state index in [1.54, 1.807) is 13.8 Å². The summed E-state index contributed by atoms with van der Waals surface area (Å²) >= 11 is 0. The van der Waals surface area contributed by atoms with Crippen molar-refractivity contribution >= 4 is 11.8 Å². The SMILES string of the molecule is CC(C)(C#N)C(=O)NCCC(=O)N1CCCC1. The van der Waals surface area contributed by atoms with Crippen LogP contribution in [0.1, 0.15) is 33.1 Å². The Morgan fingerprint density at radius 1 is 1.35 bits per heavy atom. The van der Waals surface area contributed by atoms with Crippen molar-refractivity contribution in [2.75, 3.05) is 19.6 Å². The number of carbonyl (C=O) groups is 2. The summed E-state index contributed by atoms with van der Waals surface area (Å²) in [5, 5.41) is 11.4. The van der Waals surface area contributed by atoms with E-state index in [1.165, 1.54) is 0 Å². The lowest BCUT2D eigenvalue weighted by Crippen LogP contribution is -2.38. The van der Waals surface area contributed by atoms with Crippen LogP contribution in [-0.4, -0.2) is 36.3 Å². The monoisotopic (exact) mass is 237 g/mol. The molecule has 17 heavy (non-hydrogen) atoms. The van der Waals surface area contributed by atoms with Crippen LogP contribution in [0.25, 0.3) is 0 Å². The van der Waals surface area contributed by atoms with Crippen LogP contribution in [0.2, 0.25) is 0 Å². The summed E-state index contributed by atoms with van der Waals surface area (Å²) in [4.78, 5) is 25.0. The minimum Gasteiger partial charge on any atom is -0.354 e. The molecule has 0 aliphatic carbocycles. The number of hydrogen-bond donors (Lipinski definition) is 1. The molecule has 1 heterocycles. The van der Waals surface area contributed by atoms with Gasteiger partial charge in [-0.2, -0.15) is 5.26 Å². The minimum absolute atomic E-state index is 0.0811. The minimum atomic E-state index is -1.03. The van der Waals surface area contributed by atoms with Gasteiger partial charge in [0.15, 0.2) is 0 Å². The van der Waals surface area contributed by atoms with E-state index in [9.17, 15) is 9.59 Å². The highest BCUT2D eigenvalue weighted by atomic mass is 16.2. The summed E-state index contributed by atoms with van der Waals surface area (Å²) in [6.07, 6.45) is 2.45. The molecule has 0 unspecified atom stereocenters. The van der Waals surface area contributed by atoms with E-state index in [4.69, 9.17) is 5.26 Å². The van der Waals surface area contributed by atoms with Gasteiger partial charge in [0.1, 0.15) is 5.41 Å². The third kappa shape index (κ3) is 3.74. The van der Waals surface area contributed by atoms with Crippen LogP contribution >= 0.6 is 0 Å². The molecule has 1 aliphatic heterocycles. The van der Waals surface area contributed by atoms with Crippen molar-refractivity contribution in [1.29, 1.82) is 5.26 Å². The lowest BCUT2D eigenvalue weighted by molar-refractivity contribution is -0.130. The van der Waals surface area contributed by atoms with E-state index in [-0.39, 0.29) is 11.8 Å². The zero-order valence-corrected chi connectivity index (χ0v) is 10.5. The van der Waals surface area contributed by atoms with Crippen molar-refractivity contribution in [3.8, 4) is 6.07 Å². The van der Waals surface area contributed by atoms with Crippen LogP contribution in [0.4, 0.5) is 0 Å². The van der Waals surface area contributed by atoms with Gasteiger partial charge in [-0.05, 0) is 26.7 Å². The molecule has 0 bridgehead atoms. The zero-order valence-electron chi connectivity index (χ0n) is 10.5. The Hall–Kier alpha value is -1.57. The van der Waals surface area contributed by atoms with Gasteiger partial charge in [0, 0.05) is 26.1 Å². The van der Waals surface area contributed by atoms with E-state index < -0.39 is 5.41 Å². The van der Waals surface area contributed by atoms with Gasteiger partial charge in [-0.15, -0.1) is 0 Å². The van der Waals surface area contributed by atoms with Crippen molar-refractivity contribution in [3.63, 3.8) is 0 Å². The van der Waals surface area contributed by atoms with Gasteiger partial charge >= 0.3 is 0 Å². The second-order valence-corrected chi connectivity index (χ2v) is 4.83. The van der Waals surface area contributed by atoms with Crippen LogP contribution in [0.5, 0.6) is 0 Å². The molecule has 0 radical (unpaired) electrons. The van der Waals surface area contributed by atoms with Crippen LogP contribution < -0.4 is 5.32 Å². The maximum Gasteiger partial charge on any atom is 0.239 e. The topological polar surface area (TPSA) is 73.2 Å². The van der Waals surface area contributed by atoms with Crippen LogP contribution in [0.3, 0.4) is 0 Å². The third-order valence-electron chi connectivity index (χ3n) is 2.93. The highest BCUT2D eigenvalue weighted by molar-refractivity contribution is 5.85. The molecular weight excluding hydrogens is 218 g/mol. The quantitative estimate of drug-likeness (QED) is 0.780. The van der Waals surface area contributed by atoms with E-state index in [0.29, 0.717) is 13.0 Å². The van der Waals surface area contributed by atoms with Gasteiger partial charge < -0.3 is 10.2 Å². The molecule has 0 aromatic rings. The normalized spacial score (nSPS) is 15.5. The Morgan fingerprint density at radius 2 is 1.94 bits per heavy atom. The van der Waals surface area contributed by atoms with E-state index >= 15 is 0 Å². The maximum atomic E-state index is 11.7. The summed E-state index contributed by atoms with van der Waals surface area (Å²) in [5.74, 6) is -0.244. The van der Waals surface area contributed by atoms with Crippen LogP contribution in [-0.2, 0) is 9.59 Å². The van der Waals surface area contributed by atoms with Gasteiger partial charge in [0.05, 0.1) is 6.07 Å². The van der Waals surface area contributed by atoms with Crippen LogP contribution in [0, 0.1) is 16.7 Å². The largest absolute Gasteiger partial charge is 0.354 e. The molecule has 0 aromatic heterocycles. The van der Waals surface area contributed by atoms with Gasteiger partial charge in [0.25, 0.3) is 0 Å². The summed E-state index contributed by atoms with van der Waals surface area (Å²) in [7, 11) is 0. The smallest absolute Gasteiger partial charge is 0.239 e. The van der Waals surface area contributed by atoms with Gasteiger partial charge in [-0.3, -0.25) is 9.59 Å². The zero-order chi connectivity index (χ0) is 12.9. The Labute approximate surface area is 102 Å². The molecule has 1 fully saturated rings. The summed E-state index contributed by atoms with van der Waals surface area (Å²) in [6.45, 7) is 5.08. The molecule has 94 valence electrons.